The maximum atomic E-state index is 13.7. The molecule has 0 aliphatic carbocycles. The third kappa shape index (κ3) is 8.81. The number of likely N-dealkylation sites (N-methyl/N-ethyl adjacent to an activating group) is 1. The van der Waals surface area contributed by atoms with Crippen LogP contribution >= 0.6 is 39.9 Å². The Hall–Kier alpha value is -0.900. The van der Waals surface area contributed by atoms with Crippen molar-refractivity contribution in [1.29, 1.82) is 0 Å². The average molecular weight is 515 g/mol. The summed E-state index contributed by atoms with van der Waals surface area (Å²) in [5, 5.41) is 6.23. The van der Waals surface area contributed by atoms with Gasteiger partial charge in [-0.05, 0) is 37.5 Å². The van der Waals surface area contributed by atoms with Gasteiger partial charge in [0.15, 0.2) is 5.96 Å². The van der Waals surface area contributed by atoms with Gasteiger partial charge < -0.3 is 15.5 Å². The van der Waals surface area contributed by atoms with Crippen molar-refractivity contribution < 1.29 is 9.18 Å². The lowest BCUT2D eigenvalue weighted by Gasteiger charge is -2.12. The lowest BCUT2D eigenvalue weighted by Crippen LogP contribution is -2.39. The third-order valence-electron chi connectivity index (χ3n) is 3.15. The van der Waals surface area contributed by atoms with E-state index in [0.717, 1.165) is 10.9 Å². The summed E-state index contributed by atoms with van der Waals surface area (Å²) in [5.74, 6) is 0.342. The first-order valence-electron chi connectivity index (χ1n) is 7.60. The van der Waals surface area contributed by atoms with Crippen molar-refractivity contribution in [3.05, 3.63) is 34.1 Å². The lowest BCUT2D eigenvalue weighted by atomic mass is 10.1. The topological polar surface area (TPSA) is 56.7 Å². The van der Waals surface area contributed by atoms with Crippen LogP contribution < -0.4 is 10.6 Å². The van der Waals surface area contributed by atoms with Crippen molar-refractivity contribution in [3.63, 3.8) is 0 Å². The molecule has 0 aliphatic heterocycles. The number of amides is 1. The number of carbonyl (C=O) groups excluding carboxylic acids is 1. The van der Waals surface area contributed by atoms with Crippen molar-refractivity contribution in [3.8, 4) is 0 Å². The number of nitrogens with one attached hydrogen (secondary N) is 2. The summed E-state index contributed by atoms with van der Waals surface area (Å²) in [4.78, 5) is 17.3. The van der Waals surface area contributed by atoms with Crippen molar-refractivity contribution in [2.75, 3.05) is 33.7 Å². The van der Waals surface area contributed by atoms with Crippen molar-refractivity contribution >= 4 is 51.8 Å². The summed E-state index contributed by atoms with van der Waals surface area (Å²) in [6.45, 7) is 3.42. The Morgan fingerprint density at radius 3 is 2.62 bits per heavy atom. The first-order valence-corrected chi connectivity index (χ1v) is 8.39. The highest BCUT2D eigenvalue weighted by atomic mass is 127. The molecule has 0 fully saturated rings. The largest absolute Gasteiger partial charge is 0.357 e. The Labute approximate surface area is 168 Å². The number of hydrogen-bond acceptors (Lipinski definition) is 2. The number of nitrogens with zero attached hydrogens (tertiary/aromatic N) is 2. The van der Waals surface area contributed by atoms with Gasteiger partial charge in [0.05, 0.1) is 0 Å². The van der Waals surface area contributed by atoms with Crippen LogP contribution in [0.3, 0.4) is 0 Å². The molecule has 0 saturated heterocycles. The van der Waals surface area contributed by atoms with E-state index in [0.29, 0.717) is 31.0 Å². The number of aliphatic imine (C=N–C) groups is 1. The van der Waals surface area contributed by atoms with Crippen LogP contribution in [0.2, 0.25) is 0 Å². The van der Waals surface area contributed by atoms with E-state index in [4.69, 9.17) is 0 Å². The van der Waals surface area contributed by atoms with E-state index >= 15 is 0 Å². The predicted octanol–water partition coefficient (Wildman–Crippen LogP) is 2.78. The summed E-state index contributed by atoms with van der Waals surface area (Å²) in [6.07, 6.45) is 1.41. The molecule has 8 heteroatoms. The first kappa shape index (κ1) is 23.1. The second kappa shape index (κ2) is 12.5. The van der Waals surface area contributed by atoms with Crippen molar-refractivity contribution in [2.45, 2.75) is 19.8 Å². The Balaban J connectivity index is 0.00000529. The smallest absolute Gasteiger partial charge is 0.243 e. The Kier molecular flexibility index (Phi) is 12.0. The van der Waals surface area contributed by atoms with Crippen LogP contribution in [-0.4, -0.2) is 50.5 Å². The third-order valence-corrected chi connectivity index (χ3v) is 3.64. The zero-order chi connectivity index (χ0) is 17.2. The van der Waals surface area contributed by atoms with Gasteiger partial charge in [-0.3, -0.25) is 4.79 Å². The predicted molar refractivity (Wildman–Crippen MR) is 111 cm³/mol. The van der Waals surface area contributed by atoms with Gasteiger partial charge in [0, 0.05) is 31.7 Å². The second-order valence-corrected chi connectivity index (χ2v) is 6.17. The van der Waals surface area contributed by atoms with Crippen molar-refractivity contribution in [1.82, 2.24) is 15.5 Å². The molecule has 0 heterocycles. The molecule has 0 radical (unpaired) electrons. The zero-order valence-electron chi connectivity index (χ0n) is 14.2. The van der Waals surface area contributed by atoms with Gasteiger partial charge in [-0.1, -0.05) is 22.0 Å². The summed E-state index contributed by atoms with van der Waals surface area (Å²) in [5.41, 5.74) is 0.694. The minimum atomic E-state index is -0.198. The van der Waals surface area contributed by atoms with Crippen LogP contribution in [0.5, 0.6) is 0 Å². The van der Waals surface area contributed by atoms with Gasteiger partial charge in [-0.2, -0.15) is 0 Å². The standard InChI is InChI=1S/C16H24BrFN4O.HI/c1-4-19-16(21-11-15(23)22(2)3)20-9-5-6-12-7-8-13(17)10-14(12)18;/h7-8,10H,4-6,9,11H2,1-3H3,(H2,19,20,21);1H. The maximum Gasteiger partial charge on any atom is 0.243 e. The van der Waals surface area contributed by atoms with Crippen LogP contribution in [0.25, 0.3) is 0 Å². The summed E-state index contributed by atoms with van der Waals surface area (Å²) < 4.78 is 14.5. The summed E-state index contributed by atoms with van der Waals surface area (Å²) in [7, 11) is 3.40. The van der Waals surface area contributed by atoms with Crippen LogP contribution in [0.15, 0.2) is 27.7 Å². The van der Waals surface area contributed by atoms with Crippen LogP contribution in [-0.2, 0) is 11.2 Å². The number of benzene rings is 1. The molecular formula is C16H25BrFIN4O. The van der Waals surface area contributed by atoms with Gasteiger partial charge in [0.1, 0.15) is 12.4 Å². The quantitative estimate of drug-likeness (QED) is 0.254. The first-order chi connectivity index (χ1) is 10.9. The Morgan fingerprint density at radius 1 is 1.33 bits per heavy atom. The van der Waals surface area contributed by atoms with Crippen LogP contribution in [0.1, 0.15) is 18.9 Å². The highest BCUT2D eigenvalue weighted by Crippen LogP contribution is 2.16. The fourth-order valence-corrected chi connectivity index (χ4v) is 2.17. The Bertz CT molecular complexity index is 555. The van der Waals surface area contributed by atoms with Gasteiger partial charge in [-0.25, -0.2) is 9.38 Å². The van der Waals surface area contributed by atoms with Crippen LogP contribution in [0, 0.1) is 5.82 Å². The van der Waals surface area contributed by atoms with E-state index < -0.39 is 0 Å². The molecule has 5 nitrogen and oxygen atoms in total. The van der Waals surface area contributed by atoms with E-state index in [1.807, 2.05) is 13.0 Å². The number of guanidine groups is 1. The van der Waals surface area contributed by atoms with Crippen LogP contribution in [0.4, 0.5) is 4.39 Å². The maximum absolute atomic E-state index is 13.7. The molecular weight excluding hydrogens is 490 g/mol. The Morgan fingerprint density at radius 2 is 2.04 bits per heavy atom. The number of aryl methyl sites for hydroxylation is 1. The fraction of sp³-hybridized carbons (Fsp3) is 0.500. The van der Waals surface area contributed by atoms with Gasteiger partial charge in [-0.15, -0.1) is 24.0 Å². The molecule has 1 aromatic rings. The molecule has 24 heavy (non-hydrogen) atoms. The SMILES string of the molecule is CCNC(=NCC(=O)N(C)C)NCCCc1ccc(Br)cc1F.I. The monoisotopic (exact) mass is 514 g/mol. The van der Waals surface area contributed by atoms with E-state index in [-0.39, 0.29) is 42.2 Å². The van der Waals surface area contributed by atoms with Gasteiger partial charge >= 0.3 is 0 Å². The molecule has 2 N–H and O–H groups in total. The molecule has 0 spiro atoms. The highest BCUT2D eigenvalue weighted by Gasteiger charge is 2.05. The molecule has 0 unspecified atom stereocenters. The number of halogens is 3. The highest BCUT2D eigenvalue weighted by molar-refractivity contribution is 14.0. The summed E-state index contributed by atoms with van der Waals surface area (Å²) >= 11 is 3.25. The molecule has 0 bridgehead atoms. The molecule has 0 saturated carbocycles. The molecule has 0 atom stereocenters. The van der Waals surface area contributed by atoms with Gasteiger partial charge in [0.25, 0.3) is 0 Å². The minimum absolute atomic E-state index is 0. The zero-order valence-corrected chi connectivity index (χ0v) is 18.2. The molecule has 136 valence electrons. The summed E-state index contributed by atoms with van der Waals surface area (Å²) in [6, 6.07) is 5.10. The number of carbonyl (C=O) groups is 1. The molecule has 0 aliphatic rings. The average Bonchev–Trinajstić information content (AvgIpc) is 2.50. The van der Waals surface area contributed by atoms with Crippen molar-refractivity contribution in [2.24, 2.45) is 4.99 Å². The van der Waals surface area contributed by atoms with E-state index in [9.17, 15) is 9.18 Å². The second-order valence-electron chi connectivity index (χ2n) is 5.25. The van der Waals surface area contributed by atoms with E-state index in [1.165, 1.54) is 11.0 Å². The van der Waals surface area contributed by atoms with E-state index in [2.05, 4.69) is 31.6 Å². The lowest BCUT2D eigenvalue weighted by molar-refractivity contribution is -0.127. The molecule has 0 aromatic heterocycles. The van der Waals surface area contributed by atoms with E-state index in [1.54, 1.807) is 20.2 Å². The minimum Gasteiger partial charge on any atom is -0.357 e. The molecule has 1 aromatic carbocycles. The normalized spacial score (nSPS) is 10.8. The number of hydrogen-bond donors (Lipinski definition) is 2. The fourth-order valence-electron chi connectivity index (χ4n) is 1.84. The number of rotatable bonds is 7. The molecule has 1 rings (SSSR count). The molecule has 1 amide bonds. The van der Waals surface area contributed by atoms with Gasteiger partial charge in [0.2, 0.25) is 5.91 Å².